The molecular weight excluding hydrogens is 450 g/mol. The highest BCUT2D eigenvalue weighted by atomic mass is 28.4. The number of aryl methyl sites for hydroxylation is 2. The number of fused-ring (bicyclic) bond motifs is 1. The van der Waals surface area contributed by atoms with Crippen molar-refractivity contribution in [1.82, 2.24) is 0 Å². The fourth-order valence-electron chi connectivity index (χ4n) is 6.75. The molecule has 2 atom stereocenters. The van der Waals surface area contributed by atoms with E-state index < -0.39 is 14.4 Å². The normalized spacial score (nSPS) is 17.2. The summed E-state index contributed by atoms with van der Waals surface area (Å²) < 4.78 is 13.5. The Morgan fingerprint density at radius 2 is 1.57 bits per heavy atom. The summed E-state index contributed by atoms with van der Waals surface area (Å²) in [6.07, 6.45) is 2.24. The van der Waals surface area contributed by atoms with Crippen molar-refractivity contribution in [3.05, 3.63) is 57.6 Å². The van der Waals surface area contributed by atoms with Crippen LogP contribution in [0.4, 0.5) is 5.69 Å². The molecule has 0 saturated heterocycles. The maximum Gasteiger partial charge on any atom is 0.258 e. The fraction of sp³-hybridized carbons (Fsp3) is 0.600. The molecule has 2 aromatic carbocycles. The SMILES string of the molecule is CCOC1CCCc2c(C(O)c3c(C)cc(N)cc3C)ccc(O[Si](C(C)C)(C(C)C)C(C)C)c21. The van der Waals surface area contributed by atoms with E-state index in [4.69, 9.17) is 14.9 Å². The lowest BCUT2D eigenvalue weighted by atomic mass is 9.81. The zero-order valence-corrected chi connectivity index (χ0v) is 24.4. The van der Waals surface area contributed by atoms with E-state index in [9.17, 15) is 5.11 Å². The molecule has 0 spiro atoms. The lowest BCUT2D eigenvalue weighted by Gasteiger charge is -2.43. The highest BCUT2D eigenvalue weighted by Gasteiger charge is 2.48. The van der Waals surface area contributed by atoms with Crippen molar-refractivity contribution in [3.8, 4) is 5.75 Å². The fourth-order valence-corrected chi connectivity index (χ4v) is 12.0. The van der Waals surface area contributed by atoms with Gasteiger partial charge in [0.05, 0.1) is 6.10 Å². The maximum absolute atomic E-state index is 11.7. The molecule has 5 heteroatoms. The Bertz CT molecular complexity index is 986. The van der Waals surface area contributed by atoms with Crippen molar-refractivity contribution < 1.29 is 14.3 Å². The van der Waals surface area contributed by atoms with Gasteiger partial charge in [0.1, 0.15) is 11.9 Å². The van der Waals surface area contributed by atoms with E-state index in [0.717, 1.165) is 53.0 Å². The van der Waals surface area contributed by atoms with Gasteiger partial charge in [0, 0.05) is 17.9 Å². The van der Waals surface area contributed by atoms with Gasteiger partial charge in [-0.1, -0.05) is 47.6 Å². The lowest BCUT2D eigenvalue weighted by Crippen LogP contribution is -2.51. The van der Waals surface area contributed by atoms with Gasteiger partial charge in [-0.05, 0) is 103 Å². The van der Waals surface area contributed by atoms with E-state index in [1.165, 1.54) is 11.1 Å². The van der Waals surface area contributed by atoms with E-state index in [-0.39, 0.29) is 6.10 Å². The number of nitrogens with two attached hydrogens (primary N) is 1. The smallest absolute Gasteiger partial charge is 0.258 e. The second kappa shape index (κ2) is 11.1. The first-order valence-electron chi connectivity index (χ1n) is 13.5. The molecule has 1 aliphatic rings. The Morgan fingerprint density at radius 3 is 2.09 bits per heavy atom. The first kappa shape index (κ1) is 27.8. The van der Waals surface area contributed by atoms with Crippen LogP contribution < -0.4 is 10.2 Å². The predicted molar refractivity (Wildman–Crippen MR) is 150 cm³/mol. The predicted octanol–water partition coefficient (Wildman–Crippen LogP) is 7.94. The molecule has 0 heterocycles. The van der Waals surface area contributed by atoms with Crippen molar-refractivity contribution in [3.63, 3.8) is 0 Å². The van der Waals surface area contributed by atoms with Crippen LogP contribution in [0.2, 0.25) is 16.6 Å². The number of rotatable bonds is 9. The molecule has 0 aromatic heterocycles. The van der Waals surface area contributed by atoms with Crippen LogP contribution in [-0.2, 0) is 11.2 Å². The molecule has 194 valence electrons. The van der Waals surface area contributed by atoms with Crippen molar-refractivity contribution in [1.29, 1.82) is 0 Å². The number of hydrogen-bond acceptors (Lipinski definition) is 4. The summed E-state index contributed by atoms with van der Waals surface area (Å²) in [7, 11) is -2.14. The molecule has 2 unspecified atom stereocenters. The Balaban J connectivity index is 2.21. The Morgan fingerprint density at radius 1 is 1.00 bits per heavy atom. The third-order valence-corrected chi connectivity index (χ3v) is 14.1. The van der Waals surface area contributed by atoms with Crippen LogP contribution in [0, 0.1) is 13.8 Å². The number of nitrogen functional groups attached to an aromatic ring is 1. The molecule has 0 fully saturated rings. The Hall–Kier alpha value is -1.82. The zero-order chi connectivity index (χ0) is 26.1. The van der Waals surface area contributed by atoms with Gasteiger partial charge in [-0.15, -0.1) is 0 Å². The van der Waals surface area contributed by atoms with Crippen molar-refractivity contribution in [2.24, 2.45) is 0 Å². The lowest BCUT2D eigenvalue weighted by molar-refractivity contribution is 0.0483. The molecule has 0 aliphatic heterocycles. The summed E-state index contributed by atoms with van der Waals surface area (Å²) in [4.78, 5) is 0. The van der Waals surface area contributed by atoms with Crippen LogP contribution in [0.1, 0.15) is 107 Å². The molecule has 0 saturated carbocycles. The molecule has 0 amide bonds. The van der Waals surface area contributed by atoms with E-state index in [1.54, 1.807) is 0 Å². The number of benzene rings is 2. The van der Waals surface area contributed by atoms with Crippen LogP contribution >= 0.6 is 0 Å². The van der Waals surface area contributed by atoms with Gasteiger partial charge < -0.3 is 20.0 Å². The summed E-state index contributed by atoms with van der Waals surface area (Å²) in [6.45, 7) is 20.7. The first-order chi connectivity index (χ1) is 16.4. The zero-order valence-electron chi connectivity index (χ0n) is 23.4. The van der Waals surface area contributed by atoms with E-state index >= 15 is 0 Å². The van der Waals surface area contributed by atoms with Crippen molar-refractivity contribution in [2.75, 3.05) is 12.3 Å². The highest BCUT2D eigenvalue weighted by Crippen LogP contribution is 2.48. The second-order valence-electron chi connectivity index (χ2n) is 11.3. The van der Waals surface area contributed by atoms with Gasteiger partial charge in [-0.2, -0.15) is 0 Å². The maximum atomic E-state index is 11.7. The van der Waals surface area contributed by atoms with Crippen LogP contribution in [0.5, 0.6) is 5.75 Å². The largest absolute Gasteiger partial charge is 0.542 e. The van der Waals surface area contributed by atoms with E-state index in [2.05, 4.69) is 60.6 Å². The molecule has 3 rings (SSSR count). The minimum Gasteiger partial charge on any atom is -0.542 e. The average Bonchev–Trinajstić information content (AvgIpc) is 2.76. The monoisotopic (exact) mass is 497 g/mol. The van der Waals surface area contributed by atoms with Crippen molar-refractivity contribution in [2.45, 2.75) is 110 Å². The van der Waals surface area contributed by atoms with Crippen LogP contribution in [0.3, 0.4) is 0 Å². The standard InChI is InChI=1S/C30H47NO3Si/c1-10-33-26-13-11-12-24-25(30(32)28-21(8)16-23(31)17-22(28)9)14-15-27(29(24)26)34-35(18(2)3,19(4)5)20(6)7/h14-20,26,30,32H,10-13,31H2,1-9H3. The van der Waals surface area contributed by atoms with Crippen molar-refractivity contribution >= 4 is 14.0 Å². The topological polar surface area (TPSA) is 64.7 Å². The summed E-state index contributed by atoms with van der Waals surface area (Å²) in [5, 5.41) is 11.7. The average molecular weight is 498 g/mol. The quantitative estimate of drug-likeness (QED) is 0.273. The number of aliphatic hydroxyl groups is 1. The molecule has 3 N–H and O–H groups in total. The first-order valence-corrected chi connectivity index (χ1v) is 15.6. The number of hydrogen-bond donors (Lipinski definition) is 2. The van der Waals surface area contributed by atoms with Gasteiger partial charge in [0.25, 0.3) is 8.32 Å². The summed E-state index contributed by atoms with van der Waals surface area (Å²) in [5.41, 5.74) is 14.6. The summed E-state index contributed by atoms with van der Waals surface area (Å²) in [6, 6.07) is 8.12. The molecule has 0 bridgehead atoms. The van der Waals surface area contributed by atoms with E-state index in [0.29, 0.717) is 23.2 Å². The van der Waals surface area contributed by atoms with E-state index in [1.807, 2.05) is 26.0 Å². The third-order valence-electron chi connectivity index (χ3n) is 8.11. The van der Waals surface area contributed by atoms with Gasteiger partial charge in [0.15, 0.2) is 0 Å². The number of anilines is 1. The molecule has 1 aliphatic carbocycles. The van der Waals surface area contributed by atoms with Crippen LogP contribution in [0.25, 0.3) is 0 Å². The third kappa shape index (κ3) is 5.18. The molecular formula is C30H47NO3Si. The molecule has 2 aromatic rings. The number of aliphatic hydroxyl groups excluding tert-OH is 1. The molecule has 35 heavy (non-hydrogen) atoms. The highest BCUT2D eigenvalue weighted by molar-refractivity contribution is 6.78. The van der Waals surface area contributed by atoms with Gasteiger partial charge in [-0.25, -0.2) is 0 Å². The minimum absolute atomic E-state index is 0.00213. The summed E-state index contributed by atoms with van der Waals surface area (Å²) >= 11 is 0. The molecule has 4 nitrogen and oxygen atoms in total. The van der Waals surface area contributed by atoms with Crippen LogP contribution in [-0.4, -0.2) is 20.0 Å². The second-order valence-corrected chi connectivity index (χ2v) is 16.6. The van der Waals surface area contributed by atoms with Crippen LogP contribution in [0.15, 0.2) is 24.3 Å². The Kier molecular flexibility index (Phi) is 8.77. The van der Waals surface area contributed by atoms with Gasteiger partial charge in [-0.3, -0.25) is 0 Å². The Labute approximate surface area is 214 Å². The summed E-state index contributed by atoms with van der Waals surface area (Å²) in [5.74, 6) is 0.975. The van der Waals surface area contributed by atoms with Gasteiger partial charge >= 0.3 is 0 Å². The molecule has 0 radical (unpaired) electrons. The minimum atomic E-state index is -2.14. The van der Waals surface area contributed by atoms with Gasteiger partial charge in [0.2, 0.25) is 0 Å². The number of ether oxygens (including phenoxy) is 1.